The van der Waals surface area contributed by atoms with Crippen LogP contribution in [0.4, 0.5) is 0 Å². The predicted octanol–water partition coefficient (Wildman–Crippen LogP) is 1.02. The van der Waals surface area contributed by atoms with Crippen LogP contribution >= 0.6 is 0 Å². The molecule has 1 aromatic carbocycles. The molecule has 1 amide bonds. The summed E-state index contributed by atoms with van der Waals surface area (Å²) in [6.07, 6.45) is -1.98. The number of amides is 1. The highest BCUT2D eigenvalue weighted by Gasteiger charge is 2.23. The SMILES string of the molecule is [N-]=[N+]=NCCC(O)C(O)c1ccc2c(c1)C(=O)NC2. The molecule has 7 nitrogen and oxygen atoms in total. The van der Waals surface area contributed by atoms with Crippen LogP contribution in [0.2, 0.25) is 0 Å². The summed E-state index contributed by atoms with van der Waals surface area (Å²) in [5.41, 5.74) is 10.0. The summed E-state index contributed by atoms with van der Waals surface area (Å²) in [6.45, 7) is 0.601. The molecule has 2 unspecified atom stereocenters. The summed E-state index contributed by atoms with van der Waals surface area (Å²) in [6, 6.07) is 5.02. The van der Waals surface area contributed by atoms with Crippen LogP contribution in [-0.2, 0) is 6.54 Å². The van der Waals surface area contributed by atoms with Crippen LogP contribution in [0.5, 0.6) is 0 Å². The number of carbonyl (C=O) groups excluding carboxylic acids is 1. The van der Waals surface area contributed by atoms with E-state index in [9.17, 15) is 15.0 Å². The van der Waals surface area contributed by atoms with Crippen LogP contribution in [0.3, 0.4) is 0 Å². The molecule has 0 spiro atoms. The Morgan fingerprint density at radius 3 is 3.00 bits per heavy atom. The van der Waals surface area contributed by atoms with Crippen molar-refractivity contribution in [2.24, 2.45) is 5.11 Å². The molecule has 19 heavy (non-hydrogen) atoms. The molecule has 100 valence electrons. The largest absolute Gasteiger partial charge is 0.390 e. The Labute approximate surface area is 109 Å². The minimum Gasteiger partial charge on any atom is -0.390 e. The molecule has 2 atom stereocenters. The number of fused-ring (bicyclic) bond motifs is 1. The molecule has 1 aromatic rings. The number of hydrogen-bond acceptors (Lipinski definition) is 4. The molecule has 3 N–H and O–H groups in total. The van der Waals surface area contributed by atoms with Gasteiger partial charge in [-0.25, -0.2) is 0 Å². The van der Waals surface area contributed by atoms with E-state index in [2.05, 4.69) is 15.3 Å². The van der Waals surface area contributed by atoms with Gasteiger partial charge in [-0.15, -0.1) is 0 Å². The number of nitrogens with one attached hydrogen (secondary N) is 1. The molecule has 1 aliphatic rings. The van der Waals surface area contributed by atoms with Gasteiger partial charge in [0.05, 0.1) is 6.10 Å². The zero-order valence-electron chi connectivity index (χ0n) is 10.2. The van der Waals surface area contributed by atoms with Crippen molar-refractivity contribution >= 4 is 5.91 Å². The number of benzene rings is 1. The Balaban J connectivity index is 2.11. The summed E-state index contributed by atoms with van der Waals surface area (Å²) in [4.78, 5) is 14.1. The summed E-state index contributed by atoms with van der Waals surface area (Å²) < 4.78 is 0. The summed E-state index contributed by atoms with van der Waals surface area (Å²) in [5.74, 6) is -0.173. The first kappa shape index (κ1) is 13.4. The molecule has 0 aliphatic carbocycles. The number of nitrogens with zero attached hydrogens (tertiary/aromatic N) is 3. The fourth-order valence-electron chi connectivity index (χ4n) is 2.03. The van der Waals surface area contributed by atoms with Crippen molar-refractivity contribution in [3.63, 3.8) is 0 Å². The lowest BCUT2D eigenvalue weighted by Crippen LogP contribution is -2.19. The van der Waals surface area contributed by atoms with Gasteiger partial charge in [0.2, 0.25) is 0 Å². The second-order valence-electron chi connectivity index (χ2n) is 4.35. The maximum atomic E-state index is 11.5. The lowest BCUT2D eigenvalue weighted by molar-refractivity contribution is 0.0150. The zero-order chi connectivity index (χ0) is 13.8. The summed E-state index contributed by atoms with van der Waals surface area (Å²) >= 11 is 0. The van der Waals surface area contributed by atoms with E-state index in [4.69, 9.17) is 5.53 Å². The standard InChI is InChI=1S/C12H14N4O3/c13-16-15-4-3-10(17)11(18)7-1-2-8-6-14-12(19)9(8)5-7/h1-2,5,10-11,17-18H,3-4,6H2,(H,14,19). The average molecular weight is 262 g/mol. The smallest absolute Gasteiger partial charge is 0.251 e. The van der Waals surface area contributed by atoms with E-state index in [1.165, 1.54) is 0 Å². The predicted molar refractivity (Wildman–Crippen MR) is 67.2 cm³/mol. The lowest BCUT2D eigenvalue weighted by Gasteiger charge is -2.17. The third-order valence-corrected chi connectivity index (χ3v) is 3.11. The van der Waals surface area contributed by atoms with Gasteiger partial charge in [-0.05, 0) is 29.1 Å². The van der Waals surface area contributed by atoms with Gasteiger partial charge in [0.15, 0.2) is 0 Å². The van der Waals surface area contributed by atoms with Crippen molar-refractivity contribution in [3.05, 3.63) is 45.3 Å². The second-order valence-corrected chi connectivity index (χ2v) is 4.35. The van der Waals surface area contributed by atoms with E-state index >= 15 is 0 Å². The summed E-state index contributed by atoms with van der Waals surface area (Å²) in [7, 11) is 0. The maximum Gasteiger partial charge on any atom is 0.251 e. The van der Waals surface area contributed by atoms with Crippen molar-refractivity contribution in [3.8, 4) is 0 Å². The first-order chi connectivity index (χ1) is 9.13. The molecule has 0 saturated heterocycles. The van der Waals surface area contributed by atoms with Gasteiger partial charge >= 0.3 is 0 Å². The molecule has 0 fully saturated rings. The molecule has 0 aromatic heterocycles. The quantitative estimate of drug-likeness (QED) is 0.417. The molecular weight excluding hydrogens is 248 g/mol. The summed E-state index contributed by atoms with van der Waals surface area (Å²) in [5, 5.41) is 25.8. The molecule has 1 heterocycles. The third-order valence-electron chi connectivity index (χ3n) is 3.11. The lowest BCUT2D eigenvalue weighted by atomic mass is 9.98. The van der Waals surface area contributed by atoms with Gasteiger partial charge in [-0.2, -0.15) is 0 Å². The van der Waals surface area contributed by atoms with Gasteiger partial charge in [0.25, 0.3) is 5.91 Å². The highest BCUT2D eigenvalue weighted by atomic mass is 16.3. The van der Waals surface area contributed by atoms with Gasteiger partial charge in [0, 0.05) is 23.6 Å². The minimum absolute atomic E-state index is 0.111. The van der Waals surface area contributed by atoms with Crippen LogP contribution in [0.1, 0.15) is 34.0 Å². The van der Waals surface area contributed by atoms with E-state index in [1.807, 2.05) is 0 Å². The van der Waals surface area contributed by atoms with E-state index in [-0.39, 0.29) is 18.9 Å². The van der Waals surface area contributed by atoms with E-state index < -0.39 is 12.2 Å². The fourth-order valence-corrected chi connectivity index (χ4v) is 2.03. The Hall–Kier alpha value is -2.08. The first-order valence-electron chi connectivity index (χ1n) is 5.91. The fraction of sp³-hybridized carbons (Fsp3) is 0.417. The topological polar surface area (TPSA) is 118 Å². The van der Waals surface area contributed by atoms with E-state index in [0.717, 1.165) is 5.56 Å². The maximum absolute atomic E-state index is 11.5. The van der Waals surface area contributed by atoms with Crippen molar-refractivity contribution in [1.29, 1.82) is 0 Å². The molecule has 0 saturated carbocycles. The van der Waals surface area contributed by atoms with Gasteiger partial charge in [0.1, 0.15) is 6.10 Å². The van der Waals surface area contributed by atoms with Crippen LogP contribution in [0.25, 0.3) is 10.4 Å². The highest BCUT2D eigenvalue weighted by molar-refractivity contribution is 5.98. The molecule has 1 aliphatic heterocycles. The number of aliphatic hydroxyl groups excluding tert-OH is 2. The van der Waals surface area contributed by atoms with Gasteiger partial charge in [-0.3, -0.25) is 4.79 Å². The number of hydrogen-bond donors (Lipinski definition) is 3. The van der Waals surface area contributed by atoms with Gasteiger partial charge < -0.3 is 15.5 Å². The Kier molecular flexibility index (Phi) is 4.01. The van der Waals surface area contributed by atoms with E-state index in [1.54, 1.807) is 18.2 Å². The number of aliphatic hydroxyl groups is 2. The van der Waals surface area contributed by atoms with Crippen molar-refractivity contribution in [2.75, 3.05) is 6.54 Å². The first-order valence-corrected chi connectivity index (χ1v) is 5.91. The zero-order valence-corrected chi connectivity index (χ0v) is 10.2. The molecule has 0 bridgehead atoms. The van der Waals surface area contributed by atoms with Crippen LogP contribution in [0.15, 0.2) is 23.3 Å². The van der Waals surface area contributed by atoms with Crippen LogP contribution < -0.4 is 5.32 Å². The second kappa shape index (κ2) is 5.71. The van der Waals surface area contributed by atoms with Gasteiger partial charge in [-0.1, -0.05) is 17.2 Å². The number of rotatable bonds is 5. The number of carbonyl (C=O) groups is 1. The molecule has 0 radical (unpaired) electrons. The average Bonchev–Trinajstić information content (AvgIpc) is 2.79. The molecule has 7 heteroatoms. The Morgan fingerprint density at radius 2 is 2.26 bits per heavy atom. The monoisotopic (exact) mass is 262 g/mol. The van der Waals surface area contributed by atoms with Crippen LogP contribution in [0, 0.1) is 0 Å². The highest BCUT2D eigenvalue weighted by Crippen LogP contribution is 2.24. The van der Waals surface area contributed by atoms with Crippen molar-refractivity contribution in [2.45, 2.75) is 25.2 Å². The normalized spacial score (nSPS) is 16.2. The van der Waals surface area contributed by atoms with Crippen molar-refractivity contribution < 1.29 is 15.0 Å². The van der Waals surface area contributed by atoms with Crippen LogP contribution in [-0.4, -0.2) is 28.8 Å². The van der Waals surface area contributed by atoms with Crippen molar-refractivity contribution in [1.82, 2.24) is 5.32 Å². The molecular formula is C12H14N4O3. The Morgan fingerprint density at radius 1 is 1.47 bits per heavy atom. The number of azide groups is 1. The molecule has 2 rings (SSSR count). The van der Waals surface area contributed by atoms with E-state index in [0.29, 0.717) is 17.7 Å². The third kappa shape index (κ3) is 2.85. The minimum atomic E-state index is -1.10. The Bertz CT molecular complexity index is 540.